The third-order valence-electron chi connectivity index (χ3n) is 2.52. The third-order valence-corrected chi connectivity index (χ3v) is 2.52. The van der Waals surface area contributed by atoms with Gasteiger partial charge in [0.2, 0.25) is 0 Å². The maximum Gasteiger partial charge on any atom is 0.0836 e. The molecule has 1 aromatic rings. The third kappa shape index (κ3) is 1.15. The Morgan fingerprint density at radius 3 is 2.33 bits per heavy atom. The molecule has 1 aliphatic carbocycles. The van der Waals surface area contributed by atoms with Crippen molar-refractivity contribution in [1.82, 2.24) is 0 Å². The SMILES string of the molecule is F/C=C\C1(c2ccccc2)CC1. The van der Waals surface area contributed by atoms with Crippen LogP contribution in [0.3, 0.4) is 0 Å². The molecule has 0 unspecified atom stereocenters. The summed E-state index contributed by atoms with van der Waals surface area (Å²) in [6.45, 7) is 0. The molecule has 1 fully saturated rings. The van der Waals surface area contributed by atoms with E-state index in [1.165, 1.54) is 5.56 Å². The first-order valence-electron chi connectivity index (χ1n) is 4.21. The Bertz CT molecular complexity index is 283. The van der Waals surface area contributed by atoms with Crippen LogP contribution in [-0.4, -0.2) is 0 Å². The Hall–Kier alpha value is -1.11. The van der Waals surface area contributed by atoms with Crippen molar-refractivity contribution in [3.63, 3.8) is 0 Å². The molecule has 0 atom stereocenters. The molecule has 0 heterocycles. The monoisotopic (exact) mass is 162 g/mol. The zero-order valence-corrected chi connectivity index (χ0v) is 6.83. The Morgan fingerprint density at radius 1 is 1.17 bits per heavy atom. The van der Waals surface area contributed by atoms with E-state index in [-0.39, 0.29) is 5.41 Å². The molecule has 1 heteroatoms. The summed E-state index contributed by atoms with van der Waals surface area (Å²) >= 11 is 0. The molecule has 0 radical (unpaired) electrons. The van der Waals surface area contributed by atoms with Crippen LogP contribution in [0.15, 0.2) is 42.7 Å². The maximum atomic E-state index is 12.0. The van der Waals surface area contributed by atoms with Crippen LogP contribution in [0.4, 0.5) is 4.39 Å². The maximum absolute atomic E-state index is 12.0. The van der Waals surface area contributed by atoms with Crippen LogP contribution in [0.1, 0.15) is 18.4 Å². The van der Waals surface area contributed by atoms with Crippen LogP contribution in [-0.2, 0) is 5.41 Å². The molecule has 2 rings (SSSR count). The summed E-state index contributed by atoms with van der Waals surface area (Å²) in [6, 6.07) is 10.1. The van der Waals surface area contributed by atoms with Crippen molar-refractivity contribution in [3.8, 4) is 0 Å². The van der Waals surface area contributed by atoms with E-state index < -0.39 is 0 Å². The fourth-order valence-electron chi connectivity index (χ4n) is 1.58. The van der Waals surface area contributed by atoms with E-state index in [0.717, 1.165) is 12.8 Å². The van der Waals surface area contributed by atoms with Crippen molar-refractivity contribution in [2.45, 2.75) is 18.3 Å². The van der Waals surface area contributed by atoms with Gasteiger partial charge in [-0.3, -0.25) is 0 Å². The van der Waals surface area contributed by atoms with Crippen LogP contribution in [0.2, 0.25) is 0 Å². The van der Waals surface area contributed by atoms with Gasteiger partial charge in [0.05, 0.1) is 6.33 Å². The van der Waals surface area contributed by atoms with Crippen molar-refractivity contribution in [3.05, 3.63) is 48.3 Å². The highest BCUT2D eigenvalue weighted by atomic mass is 19.1. The lowest BCUT2D eigenvalue weighted by Crippen LogP contribution is -2.00. The van der Waals surface area contributed by atoms with Crippen molar-refractivity contribution < 1.29 is 4.39 Å². The predicted octanol–water partition coefficient (Wildman–Crippen LogP) is 3.20. The lowest BCUT2D eigenvalue weighted by Gasteiger charge is -2.08. The van der Waals surface area contributed by atoms with Crippen molar-refractivity contribution in [2.24, 2.45) is 0 Å². The number of hydrogen-bond acceptors (Lipinski definition) is 0. The van der Waals surface area contributed by atoms with Gasteiger partial charge in [-0.25, -0.2) is 4.39 Å². The Kier molecular flexibility index (Phi) is 1.72. The second-order valence-electron chi connectivity index (χ2n) is 3.31. The van der Waals surface area contributed by atoms with E-state index in [4.69, 9.17) is 0 Å². The van der Waals surface area contributed by atoms with E-state index in [0.29, 0.717) is 6.33 Å². The summed E-state index contributed by atoms with van der Waals surface area (Å²) in [4.78, 5) is 0. The average Bonchev–Trinajstić information content (AvgIpc) is 2.88. The molecule has 0 N–H and O–H groups in total. The molecule has 1 aliphatic rings. The van der Waals surface area contributed by atoms with E-state index >= 15 is 0 Å². The first-order chi connectivity index (χ1) is 5.87. The summed E-state index contributed by atoms with van der Waals surface area (Å²) in [5.41, 5.74) is 1.27. The van der Waals surface area contributed by atoms with Gasteiger partial charge in [-0.15, -0.1) is 0 Å². The Labute approximate surface area is 71.7 Å². The first-order valence-corrected chi connectivity index (χ1v) is 4.21. The first kappa shape index (κ1) is 7.53. The Morgan fingerprint density at radius 2 is 1.83 bits per heavy atom. The van der Waals surface area contributed by atoms with E-state index in [2.05, 4.69) is 12.1 Å². The molecule has 62 valence electrons. The van der Waals surface area contributed by atoms with Gasteiger partial charge in [-0.1, -0.05) is 30.3 Å². The average molecular weight is 162 g/mol. The van der Waals surface area contributed by atoms with Crippen LogP contribution in [0, 0.1) is 0 Å². The van der Waals surface area contributed by atoms with Crippen molar-refractivity contribution >= 4 is 0 Å². The highest BCUT2D eigenvalue weighted by Crippen LogP contribution is 2.49. The van der Waals surface area contributed by atoms with Gasteiger partial charge < -0.3 is 0 Å². The second kappa shape index (κ2) is 2.74. The zero-order valence-electron chi connectivity index (χ0n) is 6.83. The van der Waals surface area contributed by atoms with E-state index in [1.54, 1.807) is 6.08 Å². The van der Waals surface area contributed by atoms with Gasteiger partial charge in [0.15, 0.2) is 0 Å². The van der Waals surface area contributed by atoms with Gasteiger partial charge in [0.1, 0.15) is 0 Å². The largest absolute Gasteiger partial charge is 0.216 e. The van der Waals surface area contributed by atoms with Crippen molar-refractivity contribution in [2.75, 3.05) is 0 Å². The van der Waals surface area contributed by atoms with E-state index in [9.17, 15) is 4.39 Å². The Balaban J connectivity index is 2.31. The van der Waals surface area contributed by atoms with Crippen molar-refractivity contribution in [1.29, 1.82) is 0 Å². The summed E-state index contributed by atoms with van der Waals surface area (Å²) in [6.07, 6.45) is 4.50. The normalized spacial score (nSPS) is 19.8. The molecule has 12 heavy (non-hydrogen) atoms. The zero-order chi connectivity index (χ0) is 8.44. The number of halogens is 1. The summed E-state index contributed by atoms with van der Waals surface area (Å²) < 4.78 is 12.0. The van der Waals surface area contributed by atoms with Gasteiger partial charge in [0.25, 0.3) is 0 Å². The van der Waals surface area contributed by atoms with Crippen LogP contribution in [0.25, 0.3) is 0 Å². The van der Waals surface area contributed by atoms with E-state index in [1.807, 2.05) is 18.2 Å². The van der Waals surface area contributed by atoms with Crippen LogP contribution < -0.4 is 0 Å². The molecular formula is C11H11F. The summed E-state index contributed by atoms with van der Waals surface area (Å²) in [5, 5.41) is 0. The molecule has 0 saturated heterocycles. The quantitative estimate of drug-likeness (QED) is 0.626. The standard InChI is InChI=1S/C11H11F/c12-9-8-11(6-7-11)10-4-2-1-3-5-10/h1-5,8-9H,6-7H2/b9-8-. The minimum Gasteiger partial charge on any atom is -0.216 e. The van der Waals surface area contributed by atoms with Gasteiger partial charge >= 0.3 is 0 Å². The topological polar surface area (TPSA) is 0 Å². The lowest BCUT2D eigenvalue weighted by atomic mass is 9.96. The van der Waals surface area contributed by atoms with Gasteiger partial charge in [-0.2, -0.15) is 0 Å². The minimum atomic E-state index is 0.0377. The molecule has 0 aliphatic heterocycles. The van der Waals surface area contributed by atoms with Gasteiger partial charge in [0, 0.05) is 5.41 Å². The van der Waals surface area contributed by atoms with Crippen LogP contribution >= 0.6 is 0 Å². The molecule has 0 amide bonds. The highest BCUT2D eigenvalue weighted by molar-refractivity contribution is 5.36. The highest BCUT2D eigenvalue weighted by Gasteiger charge is 2.41. The summed E-state index contributed by atoms with van der Waals surface area (Å²) in [5.74, 6) is 0. The second-order valence-corrected chi connectivity index (χ2v) is 3.31. The summed E-state index contributed by atoms with van der Waals surface area (Å²) in [7, 11) is 0. The van der Waals surface area contributed by atoms with Gasteiger partial charge in [-0.05, 0) is 24.5 Å². The molecule has 1 aromatic carbocycles. The number of benzene rings is 1. The molecule has 0 spiro atoms. The molecular weight excluding hydrogens is 151 g/mol. The smallest absolute Gasteiger partial charge is 0.0836 e. The number of hydrogen-bond donors (Lipinski definition) is 0. The molecule has 0 bridgehead atoms. The number of rotatable bonds is 2. The lowest BCUT2D eigenvalue weighted by molar-refractivity contribution is 0.702. The number of allylic oxidation sites excluding steroid dienone is 1. The van der Waals surface area contributed by atoms with Crippen LogP contribution in [0.5, 0.6) is 0 Å². The molecule has 1 saturated carbocycles. The fraction of sp³-hybridized carbons (Fsp3) is 0.273. The molecule has 0 nitrogen and oxygen atoms in total. The predicted molar refractivity (Wildman–Crippen MR) is 47.6 cm³/mol. The fourth-order valence-corrected chi connectivity index (χ4v) is 1.58. The minimum absolute atomic E-state index is 0.0377. The molecule has 0 aromatic heterocycles.